The monoisotopic (exact) mass is 376 g/mol. The highest BCUT2D eigenvalue weighted by atomic mass is 35.5. The second-order valence-electron chi connectivity index (χ2n) is 5.92. The molecular weight excluding hydrogens is 351 g/mol. The van der Waals surface area contributed by atoms with Crippen molar-refractivity contribution in [2.75, 3.05) is 25.4 Å². The Balaban J connectivity index is 0.00000264. The predicted molar refractivity (Wildman–Crippen MR) is 102 cm³/mol. The number of hydrogen-bond acceptors (Lipinski definition) is 3. The van der Waals surface area contributed by atoms with Crippen LogP contribution in [-0.2, 0) is 4.79 Å². The van der Waals surface area contributed by atoms with Crippen molar-refractivity contribution in [3.05, 3.63) is 29.3 Å². The maximum absolute atomic E-state index is 12.0. The molecule has 0 radical (unpaired) electrons. The van der Waals surface area contributed by atoms with E-state index in [1.54, 1.807) is 11.8 Å². The highest BCUT2D eigenvalue weighted by Crippen LogP contribution is 2.24. The summed E-state index contributed by atoms with van der Waals surface area (Å²) in [5, 5.41) is 7.16. The van der Waals surface area contributed by atoms with Crippen LogP contribution in [0, 0.1) is 11.8 Å². The summed E-state index contributed by atoms with van der Waals surface area (Å²) in [6.45, 7) is 5.10. The zero-order valence-corrected chi connectivity index (χ0v) is 15.9. The molecular formula is C17H26Cl2N2OS. The second kappa shape index (κ2) is 11.2. The van der Waals surface area contributed by atoms with Gasteiger partial charge < -0.3 is 10.6 Å². The van der Waals surface area contributed by atoms with E-state index in [2.05, 4.69) is 17.6 Å². The molecule has 0 bridgehead atoms. The van der Waals surface area contributed by atoms with Crippen LogP contribution >= 0.6 is 35.8 Å². The van der Waals surface area contributed by atoms with Gasteiger partial charge >= 0.3 is 0 Å². The molecule has 1 aromatic rings. The zero-order chi connectivity index (χ0) is 15.8. The topological polar surface area (TPSA) is 41.1 Å². The molecule has 0 aliphatic carbocycles. The smallest absolute Gasteiger partial charge is 0.220 e. The predicted octanol–water partition coefficient (Wildman–Crippen LogP) is 4.00. The molecule has 1 aromatic carbocycles. The lowest BCUT2D eigenvalue weighted by molar-refractivity contribution is -0.122. The van der Waals surface area contributed by atoms with Crippen LogP contribution in [0.5, 0.6) is 0 Å². The average molecular weight is 377 g/mol. The van der Waals surface area contributed by atoms with Crippen LogP contribution in [0.15, 0.2) is 29.2 Å². The first-order chi connectivity index (χ1) is 10.6. The number of halogens is 2. The van der Waals surface area contributed by atoms with Gasteiger partial charge in [-0.2, -0.15) is 0 Å². The average Bonchev–Trinajstić information content (AvgIpc) is 2.54. The standard InChI is InChI=1S/C17H25ClN2OS.ClH/c1-13(14-6-8-19-9-7-14)12-17(21)20-10-11-22-16-4-2-15(18)3-5-16;/h2-5,13-14,19H,6-12H2,1H3,(H,20,21);1H. The van der Waals surface area contributed by atoms with Gasteiger partial charge in [0.05, 0.1) is 0 Å². The van der Waals surface area contributed by atoms with Crippen LogP contribution in [0.3, 0.4) is 0 Å². The minimum atomic E-state index is 0. The van der Waals surface area contributed by atoms with Crippen LogP contribution < -0.4 is 10.6 Å². The van der Waals surface area contributed by atoms with Crippen LogP contribution in [0.2, 0.25) is 5.02 Å². The van der Waals surface area contributed by atoms with Gasteiger partial charge in [0.2, 0.25) is 5.91 Å². The number of piperidine rings is 1. The number of rotatable bonds is 7. The minimum absolute atomic E-state index is 0. The maximum atomic E-state index is 12.0. The summed E-state index contributed by atoms with van der Waals surface area (Å²) in [4.78, 5) is 13.2. The molecule has 2 rings (SSSR count). The fourth-order valence-corrected chi connectivity index (χ4v) is 3.73. The number of nitrogens with one attached hydrogen (secondary N) is 2. The molecule has 1 aliphatic heterocycles. The summed E-state index contributed by atoms with van der Waals surface area (Å²) >= 11 is 7.59. The van der Waals surface area contributed by atoms with Crippen molar-refractivity contribution in [1.82, 2.24) is 10.6 Å². The van der Waals surface area contributed by atoms with E-state index in [4.69, 9.17) is 11.6 Å². The molecule has 1 aliphatic rings. The molecule has 3 nitrogen and oxygen atoms in total. The van der Waals surface area contributed by atoms with Crippen LogP contribution in [0.4, 0.5) is 0 Å². The Bertz CT molecular complexity index is 464. The molecule has 1 fully saturated rings. The largest absolute Gasteiger partial charge is 0.355 e. The van der Waals surface area contributed by atoms with Gasteiger partial charge in [-0.1, -0.05) is 18.5 Å². The first-order valence-electron chi connectivity index (χ1n) is 8.01. The van der Waals surface area contributed by atoms with Crippen LogP contribution in [0.25, 0.3) is 0 Å². The van der Waals surface area contributed by atoms with E-state index in [1.165, 1.54) is 17.7 Å². The molecule has 23 heavy (non-hydrogen) atoms. The SMILES string of the molecule is CC(CC(=O)NCCSc1ccc(Cl)cc1)C1CCNCC1.Cl. The summed E-state index contributed by atoms with van der Waals surface area (Å²) in [6.07, 6.45) is 3.04. The summed E-state index contributed by atoms with van der Waals surface area (Å²) < 4.78 is 0. The number of thioether (sulfide) groups is 1. The highest BCUT2D eigenvalue weighted by molar-refractivity contribution is 7.99. The molecule has 1 amide bonds. The molecule has 0 aromatic heterocycles. The van der Waals surface area contributed by atoms with Gasteiger partial charge in [0.1, 0.15) is 0 Å². The Morgan fingerprint density at radius 1 is 1.35 bits per heavy atom. The third-order valence-electron chi connectivity index (χ3n) is 4.20. The number of hydrogen-bond donors (Lipinski definition) is 2. The molecule has 1 unspecified atom stereocenters. The Morgan fingerprint density at radius 2 is 2.00 bits per heavy atom. The zero-order valence-electron chi connectivity index (χ0n) is 13.5. The lowest BCUT2D eigenvalue weighted by atomic mass is 9.84. The van der Waals surface area contributed by atoms with Gasteiger partial charge in [0, 0.05) is 28.6 Å². The Hall–Kier alpha value is -0.420. The molecule has 0 saturated carbocycles. The Kier molecular flexibility index (Phi) is 10.0. The van der Waals surface area contributed by atoms with Crippen molar-refractivity contribution < 1.29 is 4.79 Å². The summed E-state index contributed by atoms with van der Waals surface area (Å²) in [7, 11) is 0. The van der Waals surface area contributed by atoms with Crippen molar-refractivity contribution in [2.24, 2.45) is 11.8 Å². The van der Waals surface area contributed by atoms with E-state index < -0.39 is 0 Å². The fourth-order valence-electron chi connectivity index (χ4n) is 2.83. The number of benzene rings is 1. The lowest BCUT2D eigenvalue weighted by Gasteiger charge is -2.27. The number of carbonyl (C=O) groups excluding carboxylic acids is 1. The van der Waals surface area contributed by atoms with Gasteiger partial charge in [-0.15, -0.1) is 24.2 Å². The lowest BCUT2D eigenvalue weighted by Crippen LogP contribution is -2.34. The van der Waals surface area contributed by atoms with Gasteiger partial charge in [-0.25, -0.2) is 0 Å². The van der Waals surface area contributed by atoms with E-state index in [0.29, 0.717) is 24.8 Å². The maximum Gasteiger partial charge on any atom is 0.220 e. The van der Waals surface area contributed by atoms with E-state index in [9.17, 15) is 4.79 Å². The molecule has 130 valence electrons. The minimum Gasteiger partial charge on any atom is -0.355 e. The van der Waals surface area contributed by atoms with Gasteiger partial charge in [0.25, 0.3) is 0 Å². The van der Waals surface area contributed by atoms with Crippen LogP contribution in [0.1, 0.15) is 26.2 Å². The third kappa shape index (κ3) is 7.79. The first-order valence-corrected chi connectivity index (χ1v) is 9.37. The summed E-state index contributed by atoms with van der Waals surface area (Å²) in [5.74, 6) is 2.24. The van der Waals surface area contributed by atoms with Gasteiger partial charge in [0.15, 0.2) is 0 Å². The number of carbonyl (C=O) groups is 1. The quantitative estimate of drug-likeness (QED) is 0.558. The molecule has 1 saturated heterocycles. The molecule has 1 atom stereocenters. The normalized spacial score (nSPS) is 16.4. The first kappa shape index (κ1) is 20.6. The number of amides is 1. The molecule has 2 N–H and O–H groups in total. The highest BCUT2D eigenvalue weighted by Gasteiger charge is 2.21. The summed E-state index contributed by atoms with van der Waals surface area (Å²) in [6, 6.07) is 7.80. The van der Waals surface area contributed by atoms with E-state index in [1.807, 2.05) is 24.3 Å². The fraction of sp³-hybridized carbons (Fsp3) is 0.588. The van der Waals surface area contributed by atoms with Crippen molar-refractivity contribution in [3.63, 3.8) is 0 Å². The second-order valence-corrected chi connectivity index (χ2v) is 7.53. The molecule has 0 spiro atoms. The Labute approximate surface area is 154 Å². The molecule has 1 heterocycles. The van der Waals surface area contributed by atoms with Gasteiger partial charge in [-0.05, 0) is 62.0 Å². The van der Waals surface area contributed by atoms with E-state index >= 15 is 0 Å². The van der Waals surface area contributed by atoms with Crippen molar-refractivity contribution in [3.8, 4) is 0 Å². The van der Waals surface area contributed by atoms with Crippen molar-refractivity contribution in [1.29, 1.82) is 0 Å². The van der Waals surface area contributed by atoms with Gasteiger partial charge in [-0.3, -0.25) is 4.79 Å². The van der Waals surface area contributed by atoms with Crippen molar-refractivity contribution in [2.45, 2.75) is 31.1 Å². The third-order valence-corrected chi connectivity index (χ3v) is 5.47. The van der Waals surface area contributed by atoms with E-state index in [0.717, 1.165) is 23.9 Å². The molecule has 6 heteroatoms. The summed E-state index contributed by atoms with van der Waals surface area (Å²) in [5.41, 5.74) is 0. The van der Waals surface area contributed by atoms with Crippen LogP contribution in [-0.4, -0.2) is 31.3 Å². The Morgan fingerprint density at radius 3 is 2.65 bits per heavy atom. The van der Waals surface area contributed by atoms with Crippen molar-refractivity contribution >= 4 is 41.7 Å². The van der Waals surface area contributed by atoms with E-state index in [-0.39, 0.29) is 18.3 Å².